The predicted molar refractivity (Wildman–Crippen MR) is 154 cm³/mol. The van der Waals surface area contributed by atoms with Gasteiger partial charge in [-0.05, 0) is 35.9 Å². The predicted octanol–water partition coefficient (Wildman–Crippen LogP) is 2.85. The van der Waals surface area contributed by atoms with Crippen molar-refractivity contribution in [2.75, 3.05) is 13.2 Å². The maximum Gasteiger partial charge on any atom is 0.265 e. The van der Waals surface area contributed by atoms with Gasteiger partial charge in [0.05, 0.1) is 23.0 Å². The average molecular weight is 607 g/mol. The molecule has 2 aromatic heterocycles. The van der Waals surface area contributed by atoms with E-state index in [-0.39, 0.29) is 29.5 Å². The van der Waals surface area contributed by atoms with E-state index in [1.807, 2.05) is 54.6 Å². The lowest BCUT2D eigenvalue weighted by Gasteiger charge is -2.27. The number of primary sulfonamides is 1. The Labute approximate surface area is 245 Å². The van der Waals surface area contributed by atoms with Gasteiger partial charge in [0.25, 0.3) is 10.0 Å². The van der Waals surface area contributed by atoms with Crippen molar-refractivity contribution in [3.05, 3.63) is 90.3 Å². The van der Waals surface area contributed by atoms with Crippen LogP contribution in [0.2, 0.25) is 0 Å². The number of carbonyl (C=O) groups excluding carboxylic acids is 1. The molecule has 0 bridgehead atoms. The molecule has 1 amide bonds. The standard InChI is InChI=1S/C28H26N6O6S2/c29-42(36,37)28-31-22-11-10-20(13-26(22)41-28)38-16-19-15-34(33-32-19)23(12-18-6-2-1-3-7-18)27(35)30-14-21-17-39-24-8-4-5-9-25(24)40-21/h1-11,13,15,21,23H,12,14,16-17H2,(H,30,35)(H2,29,36,37)/t21?,23-/m0/s1. The van der Waals surface area contributed by atoms with Crippen molar-refractivity contribution in [3.8, 4) is 17.2 Å². The van der Waals surface area contributed by atoms with Crippen LogP contribution in [0, 0.1) is 0 Å². The smallest absolute Gasteiger partial charge is 0.265 e. The lowest BCUT2D eigenvalue weighted by Crippen LogP contribution is -2.43. The molecule has 216 valence electrons. The number of sulfonamides is 1. The molecule has 1 aliphatic heterocycles. The number of nitrogens with zero attached hydrogens (tertiary/aromatic N) is 4. The first kappa shape index (κ1) is 27.6. The van der Waals surface area contributed by atoms with Crippen molar-refractivity contribution < 1.29 is 27.4 Å². The van der Waals surface area contributed by atoms with Crippen LogP contribution < -0.4 is 24.7 Å². The third-order valence-electron chi connectivity index (χ3n) is 6.49. The number of thiazole rings is 1. The van der Waals surface area contributed by atoms with Gasteiger partial charge in [0.2, 0.25) is 10.2 Å². The molecule has 42 heavy (non-hydrogen) atoms. The summed E-state index contributed by atoms with van der Waals surface area (Å²) < 4.78 is 42.8. The zero-order chi connectivity index (χ0) is 29.1. The molecule has 14 heteroatoms. The van der Waals surface area contributed by atoms with Crippen LogP contribution in [-0.2, 0) is 27.8 Å². The van der Waals surface area contributed by atoms with Crippen molar-refractivity contribution in [3.63, 3.8) is 0 Å². The van der Waals surface area contributed by atoms with E-state index >= 15 is 0 Å². The Hall–Kier alpha value is -4.53. The van der Waals surface area contributed by atoms with Crippen LogP contribution in [0.5, 0.6) is 17.2 Å². The van der Waals surface area contributed by atoms with Gasteiger partial charge in [-0.25, -0.2) is 23.2 Å². The number of carbonyl (C=O) groups is 1. The number of aromatic nitrogens is 4. The number of amides is 1. The average Bonchev–Trinajstić information content (AvgIpc) is 3.65. The summed E-state index contributed by atoms with van der Waals surface area (Å²) in [6.45, 7) is 0.664. The zero-order valence-electron chi connectivity index (χ0n) is 22.1. The van der Waals surface area contributed by atoms with E-state index in [1.54, 1.807) is 24.4 Å². The lowest BCUT2D eigenvalue weighted by atomic mass is 10.1. The van der Waals surface area contributed by atoms with Crippen LogP contribution in [0.1, 0.15) is 17.3 Å². The van der Waals surface area contributed by atoms with E-state index in [4.69, 9.17) is 19.3 Å². The summed E-state index contributed by atoms with van der Waals surface area (Å²) in [5.74, 6) is 1.58. The maximum absolute atomic E-state index is 13.4. The number of ether oxygens (including phenoxy) is 3. The minimum absolute atomic E-state index is 0.0820. The van der Waals surface area contributed by atoms with Gasteiger partial charge in [-0.15, -0.1) is 16.4 Å². The van der Waals surface area contributed by atoms with E-state index in [0.717, 1.165) is 16.9 Å². The summed E-state index contributed by atoms with van der Waals surface area (Å²) >= 11 is 0.966. The number of benzene rings is 3. The summed E-state index contributed by atoms with van der Waals surface area (Å²) in [6, 6.07) is 21.4. The van der Waals surface area contributed by atoms with Gasteiger partial charge in [0.1, 0.15) is 36.8 Å². The monoisotopic (exact) mass is 606 g/mol. The maximum atomic E-state index is 13.4. The Bertz CT molecular complexity index is 1830. The molecule has 0 radical (unpaired) electrons. The Morgan fingerprint density at radius 1 is 1.12 bits per heavy atom. The van der Waals surface area contributed by atoms with Crippen LogP contribution in [0.25, 0.3) is 10.2 Å². The van der Waals surface area contributed by atoms with Crippen LogP contribution in [0.4, 0.5) is 0 Å². The summed E-state index contributed by atoms with van der Waals surface area (Å²) in [4.78, 5) is 17.5. The topological polar surface area (TPSA) is 161 Å². The molecule has 3 N–H and O–H groups in total. The summed E-state index contributed by atoms with van der Waals surface area (Å²) in [6.07, 6.45) is 1.74. The van der Waals surface area contributed by atoms with Crippen molar-refractivity contribution in [1.82, 2.24) is 25.3 Å². The number of nitrogens with two attached hydrogens (primary N) is 1. The highest BCUT2D eigenvalue weighted by Crippen LogP contribution is 2.31. The highest BCUT2D eigenvalue weighted by Gasteiger charge is 2.26. The normalized spacial score (nSPS) is 15.3. The summed E-state index contributed by atoms with van der Waals surface area (Å²) in [5.41, 5.74) is 1.98. The number of nitrogens with one attached hydrogen (secondary N) is 1. The molecule has 0 fully saturated rings. The van der Waals surface area contributed by atoms with Crippen LogP contribution >= 0.6 is 11.3 Å². The molecular weight excluding hydrogens is 580 g/mol. The van der Waals surface area contributed by atoms with Crippen molar-refractivity contribution in [1.29, 1.82) is 0 Å². The molecule has 12 nitrogen and oxygen atoms in total. The number of para-hydroxylation sites is 2. The third-order valence-corrected chi connectivity index (χ3v) is 8.83. The van der Waals surface area contributed by atoms with Crippen molar-refractivity contribution >= 4 is 37.5 Å². The summed E-state index contributed by atoms with van der Waals surface area (Å²) in [5, 5.41) is 16.6. The first-order chi connectivity index (χ1) is 20.3. The highest BCUT2D eigenvalue weighted by molar-refractivity contribution is 7.91. The fourth-order valence-corrected chi connectivity index (χ4v) is 6.11. The Kier molecular flexibility index (Phi) is 7.73. The van der Waals surface area contributed by atoms with E-state index in [9.17, 15) is 13.2 Å². The van der Waals surface area contributed by atoms with E-state index in [2.05, 4.69) is 20.6 Å². The van der Waals surface area contributed by atoms with Crippen molar-refractivity contribution in [2.24, 2.45) is 5.14 Å². The largest absolute Gasteiger partial charge is 0.487 e. The second-order valence-electron chi connectivity index (χ2n) is 9.58. The molecular formula is C28H26N6O6S2. The van der Waals surface area contributed by atoms with Gasteiger partial charge >= 0.3 is 0 Å². The molecule has 6 rings (SSSR count). The molecule has 1 unspecified atom stereocenters. The van der Waals surface area contributed by atoms with Crippen LogP contribution in [-0.4, -0.2) is 53.6 Å². The zero-order valence-corrected chi connectivity index (χ0v) is 23.8. The van der Waals surface area contributed by atoms with Gasteiger partial charge in [0.15, 0.2) is 11.5 Å². The van der Waals surface area contributed by atoms with E-state index in [1.165, 1.54) is 4.68 Å². The van der Waals surface area contributed by atoms with Crippen LogP contribution in [0.3, 0.4) is 0 Å². The molecule has 1 aliphatic rings. The fourth-order valence-electron chi connectivity index (χ4n) is 4.42. The first-order valence-electron chi connectivity index (χ1n) is 13.0. The third kappa shape index (κ3) is 6.35. The van der Waals surface area contributed by atoms with Gasteiger partial charge < -0.3 is 19.5 Å². The van der Waals surface area contributed by atoms with Gasteiger partial charge in [-0.1, -0.05) is 47.7 Å². The van der Waals surface area contributed by atoms with Gasteiger partial charge in [0, 0.05) is 6.42 Å². The molecule has 0 saturated heterocycles. The van der Waals surface area contributed by atoms with E-state index < -0.39 is 16.1 Å². The highest BCUT2D eigenvalue weighted by atomic mass is 32.2. The van der Waals surface area contributed by atoms with Gasteiger partial charge in [-0.3, -0.25) is 4.79 Å². The number of hydrogen-bond acceptors (Lipinski definition) is 10. The molecule has 3 aromatic carbocycles. The second kappa shape index (κ2) is 11.8. The Balaban J connectivity index is 1.13. The molecule has 0 saturated carbocycles. The SMILES string of the molecule is NS(=O)(=O)c1nc2ccc(OCc3cn([C@@H](Cc4ccccc4)C(=O)NCC4COc5ccccc5O4)nn3)cc2s1. The second-order valence-corrected chi connectivity index (χ2v) is 12.3. The van der Waals surface area contributed by atoms with Gasteiger partial charge in [-0.2, -0.15) is 0 Å². The lowest BCUT2D eigenvalue weighted by molar-refractivity contribution is -0.125. The van der Waals surface area contributed by atoms with E-state index in [0.29, 0.717) is 46.2 Å². The molecule has 5 aromatic rings. The number of fused-ring (bicyclic) bond motifs is 2. The van der Waals surface area contributed by atoms with Crippen molar-refractivity contribution in [2.45, 2.75) is 29.5 Å². The number of rotatable bonds is 10. The number of hydrogen-bond donors (Lipinski definition) is 2. The molecule has 0 aliphatic carbocycles. The Morgan fingerprint density at radius 3 is 2.71 bits per heavy atom. The molecule has 3 heterocycles. The molecule has 0 spiro atoms. The Morgan fingerprint density at radius 2 is 1.90 bits per heavy atom. The summed E-state index contributed by atoms with van der Waals surface area (Å²) in [7, 11) is -3.89. The minimum Gasteiger partial charge on any atom is -0.487 e. The molecule has 2 atom stereocenters. The minimum atomic E-state index is -3.89. The van der Waals surface area contributed by atoms with Crippen LogP contribution in [0.15, 0.2) is 83.3 Å². The fraction of sp³-hybridized carbons (Fsp3) is 0.214. The first-order valence-corrected chi connectivity index (χ1v) is 15.3. The quantitative estimate of drug-likeness (QED) is 0.244.